The van der Waals surface area contributed by atoms with Crippen LogP contribution in [-0.2, 0) is 0 Å². The zero-order chi connectivity index (χ0) is 27.9. The Balaban J connectivity index is 1.09. The van der Waals surface area contributed by atoms with Crippen molar-refractivity contribution in [2.24, 2.45) is 0 Å². The molecule has 9 aromatic rings. The van der Waals surface area contributed by atoms with Crippen LogP contribution in [0, 0.1) is 3.57 Å². The van der Waals surface area contributed by atoms with Crippen molar-refractivity contribution < 1.29 is 0 Å². The van der Waals surface area contributed by atoms with Crippen molar-refractivity contribution in [2.75, 3.05) is 11.1 Å². The van der Waals surface area contributed by atoms with Gasteiger partial charge in [0, 0.05) is 86.7 Å². The Bertz CT molecular complexity index is 2540. The standard InChI is InChI=1S/C36H21IN2S3/c37-20-6-10-24-25-11-7-22(18-34(25)42-33(24)16-20)39-21-8-13-30-28(17-21)26-9-5-19(15-32(26)41-30)23-12-14-31-35(36(23)38)27-3-1-2-4-29(27)40-31/h1-18,39H,38H2. The Kier molecular flexibility index (Phi) is 5.57. The van der Waals surface area contributed by atoms with E-state index in [2.05, 4.69) is 137 Å². The molecular formula is C36H21IN2S3. The van der Waals surface area contributed by atoms with E-state index in [9.17, 15) is 0 Å². The Morgan fingerprint density at radius 2 is 1.14 bits per heavy atom. The van der Waals surface area contributed by atoms with Gasteiger partial charge in [0.05, 0.1) is 0 Å². The van der Waals surface area contributed by atoms with E-state index in [1.165, 1.54) is 64.1 Å². The lowest BCUT2D eigenvalue weighted by Crippen LogP contribution is -1.91. The lowest BCUT2D eigenvalue weighted by atomic mass is 9.99. The summed E-state index contributed by atoms with van der Waals surface area (Å²) in [5, 5.41) is 11.3. The van der Waals surface area contributed by atoms with Crippen molar-refractivity contribution in [3.05, 3.63) is 113 Å². The molecule has 0 saturated carbocycles. The monoisotopic (exact) mass is 704 g/mol. The molecule has 0 aliphatic rings. The quantitative estimate of drug-likeness (QED) is 0.142. The molecule has 0 amide bonds. The number of nitrogen functional groups attached to an aromatic ring is 1. The summed E-state index contributed by atoms with van der Waals surface area (Å²) in [5.74, 6) is 0. The predicted molar refractivity (Wildman–Crippen MR) is 197 cm³/mol. The molecule has 0 radical (unpaired) electrons. The summed E-state index contributed by atoms with van der Waals surface area (Å²) in [6.45, 7) is 0. The number of nitrogens with two attached hydrogens (primary N) is 1. The highest BCUT2D eigenvalue weighted by atomic mass is 127. The number of benzene rings is 6. The van der Waals surface area contributed by atoms with Gasteiger partial charge < -0.3 is 11.1 Å². The van der Waals surface area contributed by atoms with Crippen LogP contribution in [0.1, 0.15) is 0 Å². The Morgan fingerprint density at radius 1 is 0.500 bits per heavy atom. The molecule has 0 aliphatic carbocycles. The minimum absolute atomic E-state index is 0.863. The Morgan fingerprint density at radius 3 is 2.07 bits per heavy atom. The van der Waals surface area contributed by atoms with E-state index >= 15 is 0 Å². The van der Waals surface area contributed by atoms with E-state index in [-0.39, 0.29) is 0 Å². The van der Waals surface area contributed by atoms with Crippen molar-refractivity contribution in [3.63, 3.8) is 0 Å². The summed E-state index contributed by atoms with van der Waals surface area (Å²) < 4.78 is 8.99. The third kappa shape index (κ3) is 3.86. The van der Waals surface area contributed by atoms with E-state index < -0.39 is 0 Å². The second-order valence-corrected chi connectivity index (χ2v) is 15.1. The largest absolute Gasteiger partial charge is 0.398 e. The van der Waals surface area contributed by atoms with Gasteiger partial charge in [-0.15, -0.1) is 34.0 Å². The van der Waals surface area contributed by atoms with Gasteiger partial charge in [-0.25, -0.2) is 0 Å². The fourth-order valence-electron chi connectivity index (χ4n) is 6.11. The van der Waals surface area contributed by atoms with Crippen LogP contribution in [0.2, 0.25) is 0 Å². The molecule has 0 saturated heterocycles. The molecule has 200 valence electrons. The highest BCUT2D eigenvalue weighted by Crippen LogP contribution is 2.44. The Labute approximate surface area is 267 Å². The maximum Gasteiger partial charge on any atom is 0.0488 e. The van der Waals surface area contributed by atoms with Crippen molar-refractivity contribution in [3.8, 4) is 11.1 Å². The van der Waals surface area contributed by atoms with Crippen LogP contribution < -0.4 is 11.1 Å². The van der Waals surface area contributed by atoms with Gasteiger partial charge in [-0.2, -0.15) is 0 Å². The van der Waals surface area contributed by atoms with Crippen molar-refractivity contribution >= 4 is 134 Å². The Hall–Kier alpha value is -3.69. The van der Waals surface area contributed by atoms with Crippen LogP contribution in [0.25, 0.3) is 71.6 Å². The average molecular weight is 705 g/mol. The van der Waals surface area contributed by atoms with Crippen LogP contribution in [0.3, 0.4) is 0 Å². The number of fused-ring (bicyclic) bond motifs is 9. The first-order valence-electron chi connectivity index (χ1n) is 13.6. The van der Waals surface area contributed by atoms with Gasteiger partial charge in [-0.1, -0.05) is 48.5 Å². The zero-order valence-electron chi connectivity index (χ0n) is 22.1. The van der Waals surface area contributed by atoms with E-state index in [0.29, 0.717) is 0 Å². The number of anilines is 3. The minimum Gasteiger partial charge on any atom is -0.398 e. The van der Waals surface area contributed by atoms with Crippen LogP contribution in [0.5, 0.6) is 0 Å². The smallest absolute Gasteiger partial charge is 0.0488 e. The molecular weight excluding hydrogens is 684 g/mol. The van der Waals surface area contributed by atoms with Gasteiger partial charge in [-0.3, -0.25) is 0 Å². The molecule has 0 fully saturated rings. The van der Waals surface area contributed by atoms with E-state index in [1.807, 2.05) is 22.7 Å². The first-order chi connectivity index (χ1) is 20.6. The second-order valence-electron chi connectivity index (χ2n) is 10.6. The summed E-state index contributed by atoms with van der Waals surface area (Å²) in [7, 11) is 0. The molecule has 0 unspecified atom stereocenters. The lowest BCUT2D eigenvalue weighted by molar-refractivity contribution is 1.61. The zero-order valence-corrected chi connectivity index (χ0v) is 26.7. The summed E-state index contributed by atoms with van der Waals surface area (Å²) in [4.78, 5) is 0. The van der Waals surface area contributed by atoms with Crippen molar-refractivity contribution in [1.82, 2.24) is 0 Å². The summed E-state index contributed by atoms with van der Waals surface area (Å²) in [5.41, 5.74) is 12.2. The maximum atomic E-state index is 6.84. The molecule has 3 N–H and O–H groups in total. The second kappa shape index (κ2) is 9.41. The predicted octanol–water partition coefficient (Wildman–Crippen LogP) is 12.4. The molecule has 0 aliphatic heterocycles. The van der Waals surface area contributed by atoms with E-state index in [0.717, 1.165) is 28.2 Å². The fourth-order valence-corrected chi connectivity index (χ4v) is 10.2. The summed E-state index contributed by atoms with van der Waals surface area (Å²) >= 11 is 7.89. The molecule has 9 rings (SSSR count). The van der Waals surface area contributed by atoms with Crippen LogP contribution >= 0.6 is 56.6 Å². The van der Waals surface area contributed by atoms with Crippen LogP contribution in [0.15, 0.2) is 109 Å². The number of halogens is 1. The third-order valence-corrected chi connectivity index (χ3v) is 12.1. The topological polar surface area (TPSA) is 38.0 Å². The lowest BCUT2D eigenvalue weighted by Gasteiger charge is -2.08. The molecule has 42 heavy (non-hydrogen) atoms. The van der Waals surface area contributed by atoms with Gasteiger partial charge in [-0.05, 0) is 88.8 Å². The first-order valence-corrected chi connectivity index (χ1v) is 17.2. The molecule has 6 aromatic carbocycles. The average Bonchev–Trinajstić information content (AvgIpc) is 3.67. The third-order valence-electron chi connectivity index (χ3n) is 8.09. The van der Waals surface area contributed by atoms with Crippen molar-refractivity contribution in [2.45, 2.75) is 0 Å². The molecule has 0 atom stereocenters. The molecule has 6 heteroatoms. The highest BCUT2D eigenvalue weighted by Gasteiger charge is 2.14. The number of hydrogen-bond acceptors (Lipinski definition) is 5. The van der Waals surface area contributed by atoms with Gasteiger partial charge in [0.2, 0.25) is 0 Å². The highest BCUT2D eigenvalue weighted by molar-refractivity contribution is 14.1. The van der Waals surface area contributed by atoms with Gasteiger partial charge in [0.1, 0.15) is 0 Å². The fraction of sp³-hybridized carbons (Fsp3) is 0. The number of hydrogen-bond donors (Lipinski definition) is 2. The van der Waals surface area contributed by atoms with Gasteiger partial charge in [0.25, 0.3) is 0 Å². The normalized spacial score (nSPS) is 12.0. The van der Waals surface area contributed by atoms with Crippen molar-refractivity contribution in [1.29, 1.82) is 0 Å². The van der Waals surface area contributed by atoms with Gasteiger partial charge in [0.15, 0.2) is 0 Å². The van der Waals surface area contributed by atoms with Crippen LogP contribution in [-0.4, -0.2) is 0 Å². The molecule has 0 spiro atoms. The maximum absolute atomic E-state index is 6.84. The van der Waals surface area contributed by atoms with E-state index in [1.54, 1.807) is 11.3 Å². The molecule has 0 bridgehead atoms. The number of thiophene rings is 3. The number of rotatable bonds is 3. The van der Waals surface area contributed by atoms with Gasteiger partial charge >= 0.3 is 0 Å². The molecule has 2 nitrogen and oxygen atoms in total. The first kappa shape index (κ1) is 24.9. The summed E-state index contributed by atoms with van der Waals surface area (Å²) in [6, 6.07) is 39.8. The number of nitrogens with one attached hydrogen (secondary N) is 1. The molecule has 3 aromatic heterocycles. The summed E-state index contributed by atoms with van der Waals surface area (Å²) in [6.07, 6.45) is 0. The van der Waals surface area contributed by atoms with E-state index in [4.69, 9.17) is 5.73 Å². The SMILES string of the molecule is Nc1c(-c2ccc3c(c2)sc2ccc(Nc4ccc5c(c4)sc4cc(I)ccc45)cc23)ccc2sc3ccccc3c12. The molecule has 3 heterocycles. The van der Waals surface area contributed by atoms with Crippen LogP contribution in [0.4, 0.5) is 17.1 Å². The minimum atomic E-state index is 0.863.